The number of aromatic nitrogens is 1. The Balaban J connectivity index is 1.68. The van der Waals surface area contributed by atoms with Crippen LogP contribution in [0.2, 0.25) is 0 Å². The molecule has 0 spiro atoms. The normalized spacial score (nSPS) is 15.8. The van der Waals surface area contributed by atoms with Gasteiger partial charge in [0.15, 0.2) is 5.96 Å². The van der Waals surface area contributed by atoms with Gasteiger partial charge in [0.05, 0.1) is 6.61 Å². The molecule has 0 amide bonds. The highest BCUT2D eigenvalue weighted by Gasteiger charge is 2.20. The Bertz CT molecular complexity index is 502. The summed E-state index contributed by atoms with van der Waals surface area (Å²) in [5.41, 5.74) is 0. The van der Waals surface area contributed by atoms with Crippen LogP contribution in [0.4, 0.5) is 5.82 Å². The first-order valence-electron chi connectivity index (χ1n) is 9.03. The van der Waals surface area contributed by atoms with E-state index in [4.69, 9.17) is 4.74 Å². The summed E-state index contributed by atoms with van der Waals surface area (Å²) in [5.74, 6) is 2.06. The number of anilines is 1. The van der Waals surface area contributed by atoms with Crippen molar-refractivity contribution >= 4 is 11.8 Å². The third-order valence-corrected chi connectivity index (χ3v) is 4.44. The Morgan fingerprint density at radius 3 is 2.72 bits per heavy atom. The lowest BCUT2D eigenvalue weighted by atomic mass is 10.3. The minimum Gasteiger partial charge on any atom is -0.383 e. The van der Waals surface area contributed by atoms with Gasteiger partial charge in [0.2, 0.25) is 0 Å². The molecule has 0 bridgehead atoms. The minimum absolute atomic E-state index is 0.784. The van der Waals surface area contributed by atoms with Crippen LogP contribution in [0.3, 0.4) is 0 Å². The molecular weight excluding hydrogens is 316 g/mol. The van der Waals surface area contributed by atoms with Gasteiger partial charge in [0, 0.05) is 59.6 Å². The highest BCUT2D eigenvalue weighted by atomic mass is 16.5. The average Bonchev–Trinajstić information content (AvgIpc) is 2.67. The van der Waals surface area contributed by atoms with Gasteiger partial charge in [-0.15, -0.1) is 0 Å². The van der Waals surface area contributed by atoms with Crippen molar-refractivity contribution < 1.29 is 4.74 Å². The van der Waals surface area contributed by atoms with Crippen LogP contribution in [-0.4, -0.2) is 94.4 Å². The van der Waals surface area contributed by atoms with Crippen molar-refractivity contribution in [3.05, 3.63) is 24.4 Å². The lowest BCUT2D eigenvalue weighted by molar-refractivity contribution is 0.161. The van der Waals surface area contributed by atoms with Crippen molar-refractivity contribution in [2.75, 3.05) is 78.5 Å². The number of nitrogens with zero attached hydrogens (tertiary/aromatic N) is 5. The second kappa shape index (κ2) is 10.9. The Kier molecular flexibility index (Phi) is 8.48. The summed E-state index contributed by atoms with van der Waals surface area (Å²) in [6.07, 6.45) is 2.94. The third kappa shape index (κ3) is 6.51. The van der Waals surface area contributed by atoms with Crippen molar-refractivity contribution in [1.82, 2.24) is 20.1 Å². The molecule has 7 heteroatoms. The number of piperazine rings is 1. The largest absolute Gasteiger partial charge is 0.383 e. The second-order valence-electron chi connectivity index (χ2n) is 6.29. The van der Waals surface area contributed by atoms with Gasteiger partial charge in [-0.3, -0.25) is 4.99 Å². The molecule has 1 fully saturated rings. The maximum absolute atomic E-state index is 5.10. The van der Waals surface area contributed by atoms with Crippen molar-refractivity contribution in [1.29, 1.82) is 0 Å². The van der Waals surface area contributed by atoms with Crippen LogP contribution in [0, 0.1) is 0 Å². The fourth-order valence-corrected chi connectivity index (χ4v) is 2.93. The van der Waals surface area contributed by atoms with E-state index in [2.05, 4.69) is 43.1 Å². The molecule has 0 atom stereocenters. The first kappa shape index (κ1) is 19.5. The molecule has 0 saturated carbocycles. The molecule has 1 N–H and O–H groups in total. The molecule has 1 aromatic heterocycles. The maximum atomic E-state index is 5.10. The Labute approximate surface area is 151 Å². The van der Waals surface area contributed by atoms with E-state index in [1.807, 2.05) is 25.4 Å². The Morgan fingerprint density at radius 1 is 1.28 bits per heavy atom. The number of likely N-dealkylation sites (N-methyl/N-ethyl adjacent to an activating group) is 1. The summed E-state index contributed by atoms with van der Waals surface area (Å²) in [6, 6.07) is 6.07. The van der Waals surface area contributed by atoms with Crippen LogP contribution >= 0.6 is 0 Å². The summed E-state index contributed by atoms with van der Waals surface area (Å²) < 4.78 is 5.10. The number of guanidine groups is 1. The molecule has 2 heterocycles. The van der Waals surface area contributed by atoms with E-state index in [1.54, 1.807) is 7.11 Å². The highest BCUT2D eigenvalue weighted by molar-refractivity contribution is 5.80. The van der Waals surface area contributed by atoms with Crippen molar-refractivity contribution in [3.8, 4) is 0 Å². The van der Waals surface area contributed by atoms with E-state index in [9.17, 15) is 0 Å². The Morgan fingerprint density at radius 2 is 2.08 bits per heavy atom. The van der Waals surface area contributed by atoms with Gasteiger partial charge in [-0.2, -0.15) is 0 Å². The van der Waals surface area contributed by atoms with Crippen molar-refractivity contribution in [2.45, 2.75) is 6.42 Å². The third-order valence-electron chi connectivity index (χ3n) is 4.44. The fraction of sp³-hybridized carbons (Fsp3) is 0.667. The van der Waals surface area contributed by atoms with E-state index >= 15 is 0 Å². The summed E-state index contributed by atoms with van der Waals surface area (Å²) >= 11 is 0. The predicted octanol–water partition coefficient (Wildman–Crippen LogP) is 0.747. The zero-order chi connectivity index (χ0) is 17.9. The van der Waals surface area contributed by atoms with E-state index < -0.39 is 0 Å². The zero-order valence-electron chi connectivity index (χ0n) is 15.8. The van der Waals surface area contributed by atoms with Crippen LogP contribution in [0.15, 0.2) is 29.4 Å². The molecule has 1 aromatic rings. The van der Waals surface area contributed by atoms with E-state index in [0.29, 0.717) is 0 Å². The number of ether oxygens (including phenoxy) is 1. The predicted molar refractivity (Wildman–Crippen MR) is 103 cm³/mol. The van der Waals surface area contributed by atoms with Crippen molar-refractivity contribution in [2.24, 2.45) is 4.99 Å². The van der Waals surface area contributed by atoms with E-state index in [0.717, 1.165) is 70.6 Å². The smallest absolute Gasteiger partial charge is 0.193 e. The van der Waals surface area contributed by atoms with Gasteiger partial charge in [0.25, 0.3) is 0 Å². The lowest BCUT2D eigenvalue weighted by Crippen LogP contribution is -2.53. The molecule has 2 rings (SSSR count). The van der Waals surface area contributed by atoms with Crippen LogP contribution in [0.5, 0.6) is 0 Å². The minimum atomic E-state index is 0.784. The number of aliphatic imine (C=N–C) groups is 1. The van der Waals surface area contributed by atoms with Gasteiger partial charge in [0.1, 0.15) is 5.82 Å². The number of rotatable bonds is 8. The van der Waals surface area contributed by atoms with E-state index in [-0.39, 0.29) is 0 Å². The summed E-state index contributed by atoms with van der Waals surface area (Å²) in [4.78, 5) is 15.8. The summed E-state index contributed by atoms with van der Waals surface area (Å²) in [5, 5.41) is 3.49. The zero-order valence-corrected chi connectivity index (χ0v) is 15.8. The summed E-state index contributed by atoms with van der Waals surface area (Å²) in [7, 11) is 5.73. The molecule has 1 aliphatic rings. The van der Waals surface area contributed by atoms with Crippen LogP contribution in [0.1, 0.15) is 6.42 Å². The SMILES string of the molecule is CN=C(NCCCN(C)CCOC)N1CCN(c2ccccn2)CC1. The number of hydrogen-bond donors (Lipinski definition) is 1. The van der Waals surface area contributed by atoms with Gasteiger partial charge in [-0.25, -0.2) is 4.98 Å². The van der Waals surface area contributed by atoms with Crippen LogP contribution in [0.25, 0.3) is 0 Å². The van der Waals surface area contributed by atoms with Crippen LogP contribution in [-0.2, 0) is 4.74 Å². The molecule has 7 nitrogen and oxygen atoms in total. The molecule has 1 saturated heterocycles. The maximum Gasteiger partial charge on any atom is 0.193 e. The quantitative estimate of drug-likeness (QED) is 0.425. The first-order chi connectivity index (χ1) is 12.2. The molecule has 0 unspecified atom stereocenters. The van der Waals surface area contributed by atoms with Gasteiger partial charge in [-0.05, 0) is 32.1 Å². The lowest BCUT2D eigenvalue weighted by Gasteiger charge is -2.37. The molecule has 0 radical (unpaired) electrons. The molecule has 1 aliphatic heterocycles. The molecular formula is C18H32N6O. The standard InChI is InChI=1S/C18H32N6O/c1-19-18(21-9-6-10-22(2)15-16-25-3)24-13-11-23(12-14-24)17-7-4-5-8-20-17/h4-5,7-8H,6,9-16H2,1-3H3,(H,19,21). The van der Waals surface area contributed by atoms with Gasteiger partial charge < -0.3 is 24.8 Å². The molecule has 0 aliphatic carbocycles. The first-order valence-corrected chi connectivity index (χ1v) is 9.03. The van der Waals surface area contributed by atoms with Gasteiger partial charge in [-0.1, -0.05) is 6.07 Å². The number of methoxy groups -OCH3 is 1. The summed E-state index contributed by atoms with van der Waals surface area (Å²) in [6.45, 7) is 7.61. The Hall–Kier alpha value is -1.86. The highest BCUT2D eigenvalue weighted by Crippen LogP contribution is 2.12. The van der Waals surface area contributed by atoms with Crippen LogP contribution < -0.4 is 10.2 Å². The van der Waals surface area contributed by atoms with Gasteiger partial charge >= 0.3 is 0 Å². The molecule has 140 valence electrons. The molecule has 0 aromatic carbocycles. The number of hydrogen-bond acceptors (Lipinski definition) is 5. The monoisotopic (exact) mass is 348 g/mol. The topological polar surface area (TPSA) is 56.2 Å². The van der Waals surface area contributed by atoms with E-state index in [1.165, 1.54) is 0 Å². The average molecular weight is 348 g/mol. The fourth-order valence-electron chi connectivity index (χ4n) is 2.93. The molecule has 25 heavy (non-hydrogen) atoms. The number of pyridine rings is 1. The van der Waals surface area contributed by atoms with Crippen molar-refractivity contribution in [3.63, 3.8) is 0 Å². The number of nitrogens with one attached hydrogen (secondary N) is 1. The second-order valence-corrected chi connectivity index (χ2v) is 6.29.